The summed E-state index contributed by atoms with van der Waals surface area (Å²) in [4.78, 5) is 10.7. The van der Waals surface area contributed by atoms with Gasteiger partial charge in [-0.2, -0.15) is 0 Å². The molecule has 2 nitrogen and oxygen atoms in total. The smallest absolute Gasteiger partial charge is 0.303 e. The zero-order valence-corrected chi connectivity index (χ0v) is 11.8. The summed E-state index contributed by atoms with van der Waals surface area (Å²) in [6.07, 6.45) is 0.804. The van der Waals surface area contributed by atoms with E-state index in [9.17, 15) is 4.79 Å². The number of rotatable bonds is 3. The number of carboxylic acid groups (broad SMARTS) is 1. The second-order valence-electron chi connectivity index (χ2n) is 5.58. The van der Waals surface area contributed by atoms with Gasteiger partial charge in [-0.05, 0) is 39.8 Å². The number of fused-ring (bicyclic) bond motifs is 1. The van der Waals surface area contributed by atoms with E-state index in [4.69, 9.17) is 5.11 Å². The van der Waals surface area contributed by atoms with Crippen molar-refractivity contribution < 1.29 is 9.90 Å². The summed E-state index contributed by atoms with van der Waals surface area (Å²) in [6, 6.07) is 6.37. The van der Waals surface area contributed by atoms with Crippen molar-refractivity contribution in [2.24, 2.45) is 0 Å². The highest BCUT2D eigenvalue weighted by atomic mass is 32.1. The Balaban J connectivity index is 2.47. The molecule has 1 aromatic carbocycles. The first kappa shape index (κ1) is 13.1. The first-order chi connectivity index (χ1) is 8.39. The van der Waals surface area contributed by atoms with Gasteiger partial charge in [0.15, 0.2) is 0 Å². The number of thiophene rings is 1. The molecule has 1 heterocycles. The maximum absolute atomic E-state index is 10.7. The van der Waals surface area contributed by atoms with Crippen LogP contribution in [0, 0.1) is 0 Å². The number of aryl methyl sites for hydroxylation is 1. The molecule has 96 valence electrons. The lowest BCUT2D eigenvalue weighted by Crippen LogP contribution is -2.11. The van der Waals surface area contributed by atoms with E-state index in [1.807, 2.05) is 0 Å². The van der Waals surface area contributed by atoms with Crippen molar-refractivity contribution in [2.75, 3.05) is 0 Å². The third kappa shape index (κ3) is 2.56. The van der Waals surface area contributed by atoms with Crippen molar-refractivity contribution >= 4 is 27.4 Å². The maximum atomic E-state index is 10.7. The molecule has 0 bridgehead atoms. The van der Waals surface area contributed by atoms with Gasteiger partial charge in [-0.3, -0.25) is 4.79 Å². The number of hydrogen-bond donors (Lipinski definition) is 1. The zero-order chi connectivity index (χ0) is 13.3. The fraction of sp³-hybridized carbons (Fsp3) is 0.400. The van der Waals surface area contributed by atoms with E-state index in [2.05, 4.69) is 44.4 Å². The third-order valence-electron chi connectivity index (χ3n) is 3.11. The molecule has 0 unspecified atom stereocenters. The van der Waals surface area contributed by atoms with Crippen LogP contribution in [0.15, 0.2) is 23.6 Å². The average Bonchev–Trinajstić information content (AvgIpc) is 2.72. The van der Waals surface area contributed by atoms with Crippen LogP contribution in [0.4, 0.5) is 0 Å². The maximum Gasteiger partial charge on any atom is 0.303 e. The van der Waals surface area contributed by atoms with Crippen LogP contribution in [0.1, 0.15) is 38.3 Å². The average molecular weight is 262 g/mol. The molecule has 0 aliphatic carbocycles. The predicted octanol–water partition coefficient (Wildman–Crippen LogP) is 4.22. The molecular weight excluding hydrogens is 244 g/mol. The topological polar surface area (TPSA) is 37.3 Å². The van der Waals surface area contributed by atoms with Crippen molar-refractivity contribution in [1.29, 1.82) is 0 Å². The summed E-state index contributed by atoms with van der Waals surface area (Å²) >= 11 is 1.70. The highest BCUT2D eigenvalue weighted by molar-refractivity contribution is 7.17. The molecule has 3 heteroatoms. The van der Waals surface area contributed by atoms with Crippen molar-refractivity contribution in [1.82, 2.24) is 0 Å². The summed E-state index contributed by atoms with van der Waals surface area (Å²) in [5.41, 5.74) is 2.60. The molecule has 0 aliphatic heterocycles. The van der Waals surface area contributed by atoms with Crippen LogP contribution >= 0.6 is 11.3 Å². The van der Waals surface area contributed by atoms with Crippen LogP contribution in [0.3, 0.4) is 0 Å². The lowest BCUT2D eigenvalue weighted by Gasteiger charge is -2.21. The summed E-state index contributed by atoms with van der Waals surface area (Å²) in [7, 11) is 0. The number of aliphatic carboxylic acids is 1. The molecule has 0 amide bonds. The lowest BCUT2D eigenvalue weighted by molar-refractivity contribution is -0.136. The minimum absolute atomic E-state index is 0.116. The molecular formula is C15H18O2S. The molecule has 1 N–H and O–H groups in total. The molecule has 0 atom stereocenters. The molecule has 0 fully saturated rings. The van der Waals surface area contributed by atoms with Gasteiger partial charge in [0.2, 0.25) is 0 Å². The van der Waals surface area contributed by atoms with Gasteiger partial charge in [-0.1, -0.05) is 32.9 Å². The number of carbonyl (C=O) groups is 1. The van der Waals surface area contributed by atoms with Gasteiger partial charge in [0.05, 0.1) is 0 Å². The Morgan fingerprint density at radius 3 is 2.61 bits per heavy atom. The fourth-order valence-electron chi connectivity index (χ4n) is 2.21. The molecule has 0 spiro atoms. The molecule has 18 heavy (non-hydrogen) atoms. The number of hydrogen-bond acceptors (Lipinski definition) is 2. The van der Waals surface area contributed by atoms with Gasteiger partial charge in [-0.15, -0.1) is 11.3 Å². The van der Waals surface area contributed by atoms with Gasteiger partial charge in [0.25, 0.3) is 0 Å². The highest BCUT2D eigenvalue weighted by Gasteiger charge is 2.18. The van der Waals surface area contributed by atoms with Crippen molar-refractivity contribution in [2.45, 2.75) is 39.0 Å². The van der Waals surface area contributed by atoms with Crippen molar-refractivity contribution in [3.8, 4) is 0 Å². The van der Waals surface area contributed by atoms with Gasteiger partial charge in [0.1, 0.15) is 0 Å². The third-order valence-corrected chi connectivity index (χ3v) is 4.10. The molecule has 2 aromatic rings. The Hall–Kier alpha value is -1.35. The Kier molecular flexibility index (Phi) is 3.44. The van der Waals surface area contributed by atoms with Crippen LogP contribution in [0.5, 0.6) is 0 Å². The van der Waals surface area contributed by atoms with Crippen LogP contribution in [-0.4, -0.2) is 11.1 Å². The summed E-state index contributed by atoms with van der Waals surface area (Å²) in [5.74, 6) is -0.736. The largest absolute Gasteiger partial charge is 0.481 e. The molecule has 0 aliphatic rings. The Morgan fingerprint density at radius 2 is 2.00 bits per heavy atom. The Morgan fingerprint density at radius 1 is 1.28 bits per heavy atom. The predicted molar refractivity (Wildman–Crippen MR) is 76.5 cm³/mol. The van der Waals surface area contributed by atoms with Gasteiger partial charge >= 0.3 is 5.97 Å². The van der Waals surface area contributed by atoms with Gasteiger partial charge < -0.3 is 5.11 Å². The molecule has 0 radical (unpaired) electrons. The highest BCUT2D eigenvalue weighted by Crippen LogP contribution is 2.35. The minimum Gasteiger partial charge on any atom is -0.481 e. The second-order valence-corrected chi connectivity index (χ2v) is 6.50. The number of carboxylic acids is 1. The fourth-order valence-corrected chi connectivity index (χ4v) is 3.18. The normalized spacial score (nSPS) is 11.9. The van der Waals surface area contributed by atoms with E-state index in [0.29, 0.717) is 6.42 Å². The number of benzene rings is 1. The summed E-state index contributed by atoms with van der Waals surface area (Å²) < 4.78 is 1.24. The molecule has 1 aromatic heterocycles. The van der Waals surface area contributed by atoms with Crippen LogP contribution in [-0.2, 0) is 16.6 Å². The van der Waals surface area contributed by atoms with Gasteiger partial charge in [-0.25, -0.2) is 0 Å². The zero-order valence-electron chi connectivity index (χ0n) is 11.0. The minimum atomic E-state index is -0.736. The van der Waals surface area contributed by atoms with E-state index in [-0.39, 0.29) is 11.8 Å². The standard InChI is InChI=1S/C15H18O2S/c1-15(2,3)12-6-4-10(5-7-13(16)17)14-11(12)8-9-18-14/h4,6,8-9H,5,7H2,1-3H3,(H,16,17). The molecule has 2 rings (SSSR count). The van der Waals surface area contributed by atoms with E-state index in [1.165, 1.54) is 15.6 Å². The van der Waals surface area contributed by atoms with E-state index in [1.54, 1.807) is 11.3 Å². The summed E-state index contributed by atoms with van der Waals surface area (Å²) in [6.45, 7) is 6.61. The van der Waals surface area contributed by atoms with Crippen LogP contribution in [0.2, 0.25) is 0 Å². The van der Waals surface area contributed by atoms with Crippen LogP contribution < -0.4 is 0 Å². The monoisotopic (exact) mass is 262 g/mol. The lowest BCUT2D eigenvalue weighted by atomic mass is 9.84. The van der Waals surface area contributed by atoms with Crippen LogP contribution in [0.25, 0.3) is 10.1 Å². The van der Waals surface area contributed by atoms with Gasteiger partial charge in [0, 0.05) is 11.1 Å². The second kappa shape index (κ2) is 4.73. The van der Waals surface area contributed by atoms with Crippen molar-refractivity contribution in [3.05, 3.63) is 34.7 Å². The first-order valence-electron chi connectivity index (χ1n) is 6.11. The van der Waals surface area contributed by atoms with E-state index < -0.39 is 5.97 Å². The molecule has 0 saturated carbocycles. The quantitative estimate of drug-likeness (QED) is 0.899. The first-order valence-corrected chi connectivity index (χ1v) is 6.99. The SMILES string of the molecule is CC(C)(C)c1ccc(CCC(=O)O)c2sccc12. The van der Waals surface area contributed by atoms with E-state index >= 15 is 0 Å². The van der Waals surface area contributed by atoms with E-state index in [0.717, 1.165) is 5.56 Å². The Bertz CT molecular complexity index is 576. The summed E-state index contributed by atoms with van der Waals surface area (Å²) in [5, 5.41) is 12.1. The Labute approximate surface area is 111 Å². The molecule has 0 saturated heterocycles. The van der Waals surface area contributed by atoms with Crippen molar-refractivity contribution in [3.63, 3.8) is 0 Å².